The Balaban J connectivity index is 2.06. The number of nitrogens with zero attached hydrogens (tertiary/aromatic N) is 2. The molecule has 1 fully saturated rings. The lowest BCUT2D eigenvalue weighted by Crippen LogP contribution is -2.28. The number of nitrogens with two attached hydrogens (primary N) is 1. The van der Waals surface area contributed by atoms with Crippen LogP contribution in [0.5, 0.6) is 0 Å². The smallest absolute Gasteiger partial charge is 0.204 e. The molecule has 1 aromatic rings. The first-order chi connectivity index (χ1) is 5.77. The van der Waals surface area contributed by atoms with Crippen LogP contribution in [-0.4, -0.2) is 15.6 Å². The predicted octanol–water partition coefficient (Wildman–Crippen LogP) is 0.967. The fourth-order valence-electron chi connectivity index (χ4n) is 1.29. The summed E-state index contributed by atoms with van der Waals surface area (Å²) in [5.41, 5.74) is 5.64. The molecule has 0 unspecified atom stereocenters. The molecule has 1 aliphatic carbocycles. The van der Waals surface area contributed by atoms with Crippen molar-refractivity contribution in [2.24, 2.45) is 7.05 Å². The number of hydrogen-bond acceptors (Lipinski definition) is 3. The van der Waals surface area contributed by atoms with Crippen LogP contribution in [0.1, 0.15) is 19.3 Å². The summed E-state index contributed by atoms with van der Waals surface area (Å²) < 4.78 is 1.87. The minimum Gasteiger partial charge on any atom is -0.384 e. The molecular formula is C8H14N4. The molecule has 4 heteroatoms. The molecule has 0 amide bonds. The van der Waals surface area contributed by atoms with Crippen LogP contribution in [0, 0.1) is 0 Å². The van der Waals surface area contributed by atoms with Crippen molar-refractivity contribution >= 4 is 11.8 Å². The van der Waals surface area contributed by atoms with E-state index in [9.17, 15) is 0 Å². The van der Waals surface area contributed by atoms with Gasteiger partial charge in [-0.05, 0) is 19.3 Å². The molecule has 12 heavy (non-hydrogen) atoms. The Hall–Kier alpha value is -1.19. The van der Waals surface area contributed by atoms with E-state index in [1.54, 1.807) is 6.20 Å². The Kier molecular flexibility index (Phi) is 1.67. The molecule has 1 saturated carbocycles. The van der Waals surface area contributed by atoms with Crippen LogP contribution in [0.15, 0.2) is 6.20 Å². The molecule has 1 aliphatic rings. The van der Waals surface area contributed by atoms with Gasteiger partial charge >= 0.3 is 0 Å². The third-order valence-corrected chi connectivity index (χ3v) is 2.46. The number of hydrogen-bond donors (Lipinski definition) is 2. The lowest BCUT2D eigenvalue weighted by molar-refractivity contribution is 0.442. The van der Waals surface area contributed by atoms with Crippen molar-refractivity contribution in [3.8, 4) is 0 Å². The number of aromatic nitrogens is 2. The van der Waals surface area contributed by atoms with Crippen molar-refractivity contribution < 1.29 is 0 Å². The summed E-state index contributed by atoms with van der Waals surface area (Å²) in [6.07, 6.45) is 5.53. The van der Waals surface area contributed by atoms with Gasteiger partial charge in [-0.15, -0.1) is 0 Å². The molecule has 0 atom stereocenters. The zero-order valence-corrected chi connectivity index (χ0v) is 7.25. The van der Waals surface area contributed by atoms with E-state index in [-0.39, 0.29) is 0 Å². The van der Waals surface area contributed by atoms with E-state index in [4.69, 9.17) is 5.73 Å². The Bertz CT molecular complexity index is 275. The molecule has 0 saturated heterocycles. The number of rotatable bonds is 2. The maximum absolute atomic E-state index is 5.64. The van der Waals surface area contributed by atoms with E-state index in [2.05, 4.69) is 10.3 Å². The van der Waals surface area contributed by atoms with E-state index in [0.717, 1.165) is 5.95 Å². The van der Waals surface area contributed by atoms with Crippen LogP contribution < -0.4 is 11.1 Å². The standard InChI is InChI=1S/C8H14N4/c1-12-7(9)5-10-8(12)11-6-3-2-4-6/h5-6H,2-4,9H2,1H3,(H,10,11). The molecule has 3 N–H and O–H groups in total. The van der Waals surface area contributed by atoms with Crippen LogP contribution in [-0.2, 0) is 7.05 Å². The molecule has 2 rings (SSSR count). The van der Waals surface area contributed by atoms with Crippen LogP contribution in [0.3, 0.4) is 0 Å². The maximum Gasteiger partial charge on any atom is 0.204 e. The third-order valence-electron chi connectivity index (χ3n) is 2.46. The van der Waals surface area contributed by atoms with E-state index in [1.807, 2.05) is 11.6 Å². The van der Waals surface area contributed by atoms with Gasteiger partial charge in [-0.1, -0.05) is 0 Å². The van der Waals surface area contributed by atoms with E-state index >= 15 is 0 Å². The Morgan fingerprint density at radius 3 is 2.83 bits per heavy atom. The summed E-state index contributed by atoms with van der Waals surface area (Å²) in [7, 11) is 1.92. The minimum atomic E-state index is 0.616. The third kappa shape index (κ3) is 1.13. The van der Waals surface area contributed by atoms with Crippen LogP contribution in [0.4, 0.5) is 11.8 Å². The fourth-order valence-corrected chi connectivity index (χ4v) is 1.29. The molecule has 4 nitrogen and oxygen atoms in total. The molecule has 0 aliphatic heterocycles. The van der Waals surface area contributed by atoms with E-state index in [1.165, 1.54) is 19.3 Å². The summed E-state index contributed by atoms with van der Waals surface area (Å²) in [5.74, 6) is 1.59. The number of nitrogen functional groups attached to an aromatic ring is 1. The van der Waals surface area contributed by atoms with Gasteiger partial charge in [0.05, 0.1) is 6.20 Å². The fraction of sp³-hybridized carbons (Fsp3) is 0.625. The molecular weight excluding hydrogens is 152 g/mol. The van der Waals surface area contributed by atoms with Crippen molar-refractivity contribution in [3.63, 3.8) is 0 Å². The highest BCUT2D eigenvalue weighted by Crippen LogP contribution is 2.22. The SMILES string of the molecule is Cn1c(N)cnc1NC1CCC1. The topological polar surface area (TPSA) is 55.9 Å². The van der Waals surface area contributed by atoms with Gasteiger partial charge in [-0.2, -0.15) is 0 Å². The molecule has 0 radical (unpaired) electrons. The predicted molar refractivity (Wildman–Crippen MR) is 48.9 cm³/mol. The molecule has 1 aromatic heterocycles. The molecule has 0 spiro atoms. The lowest BCUT2D eigenvalue weighted by Gasteiger charge is -2.26. The highest BCUT2D eigenvalue weighted by molar-refractivity contribution is 5.40. The molecule has 0 bridgehead atoms. The first-order valence-electron chi connectivity index (χ1n) is 4.31. The van der Waals surface area contributed by atoms with Crippen molar-refractivity contribution in [2.45, 2.75) is 25.3 Å². The number of imidazole rings is 1. The van der Waals surface area contributed by atoms with Gasteiger partial charge < -0.3 is 15.6 Å². The molecule has 66 valence electrons. The zero-order valence-electron chi connectivity index (χ0n) is 7.25. The van der Waals surface area contributed by atoms with E-state index in [0.29, 0.717) is 11.9 Å². The van der Waals surface area contributed by atoms with Crippen molar-refractivity contribution in [2.75, 3.05) is 11.1 Å². The molecule has 0 aromatic carbocycles. The second-order valence-corrected chi connectivity index (χ2v) is 3.34. The van der Waals surface area contributed by atoms with Crippen molar-refractivity contribution in [1.82, 2.24) is 9.55 Å². The summed E-state index contributed by atoms with van der Waals surface area (Å²) in [6, 6.07) is 0.616. The summed E-state index contributed by atoms with van der Waals surface area (Å²) in [6.45, 7) is 0. The van der Waals surface area contributed by atoms with Crippen molar-refractivity contribution in [3.05, 3.63) is 6.20 Å². The van der Waals surface area contributed by atoms with Crippen molar-refractivity contribution in [1.29, 1.82) is 0 Å². The van der Waals surface area contributed by atoms with Gasteiger partial charge in [0.15, 0.2) is 0 Å². The van der Waals surface area contributed by atoms with Crippen LogP contribution in [0.2, 0.25) is 0 Å². The van der Waals surface area contributed by atoms with Crippen LogP contribution in [0.25, 0.3) is 0 Å². The second kappa shape index (κ2) is 2.69. The minimum absolute atomic E-state index is 0.616. The molecule has 1 heterocycles. The number of nitrogens with one attached hydrogen (secondary N) is 1. The van der Waals surface area contributed by atoms with Gasteiger partial charge in [-0.25, -0.2) is 4.98 Å². The largest absolute Gasteiger partial charge is 0.384 e. The Morgan fingerprint density at radius 2 is 2.42 bits per heavy atom. The lowest BCUT2D eigenvalue weighted by atomic mass is 9.93. The monoisotopic (exact) mass is 166 g/mol. The Labute approximate surface area is 71.8 Å². The quantitative estimate of drug-likeness (QED) is 0.688. The first kappa shape index (κ1) is 7.46. The highest BCUT2D eigenvalue weighted by Gasteiger charge is 2.18. The summed E-state index contributed by atoms with van der Waals surface area (Å²) in [5, 5.41) is 3.34. The maximum atomic E-state index is 5.64. The number of anilines is 2. The zero-order chi connectivity index (χ0) is 8.55. The van der Waals surface area contributed by atoms with Gasteiger partial charge in [0, 0.05) is 13.1 Å². The Morgan fingerprint density at radius 1 is 1.67 bits per heavy atom. The highest BCUT2D eigenvalue weighted by atomic mass is 15.2. The van der Waals surface area contributed by atoms with Gasteiger partial charge in [0.25, 0.3) is 0 Å². The van der Waals surface area contributed by atoms with Crippen LogP contribution >= 0.6 is 0 Å². The average molecular weight is 166 g/mol. The van der Waals surface area contributed by atoms with Gasteiger partial charge in [0.1, 0.15) is 5.82 Å². The summed E-state index contributed by atoms with van der Waals surface area (Å²) in [4.78, 5) is 4.16. The average Bonchev–Trinajstić information content (AvgIpc) is 2.27. The van der Waals surface area contributed by atoms with Gasteiger partial charge in [-0.3, -0.25) is 0 Å². The van der Waals surface area contributed by atoms with Gasteiger partial charge in [0.2, 0.25) is 5.95 Å². The normalized spacial score (nSPS) is 17.4. The second-order valence-electron chi connectivity index (χ2n) is 3.34. The summed E-state index contributed by atoms with van der Waals surface area (Å²) >= 11 is 0. The van der Waals surface area contributed by atoms with E-state index < -0.39 is 0 Å². The first-order valence-corrected chi connectivity index (χ1v) is 4.31.